The first kappa shape index (κ1) is 16.0. The molecule has 4 rings (SSSR count). The van der Waals surface area contributed by atoms with Crippen molar-refractivity contribution in [2.75, 3.05) is 24.5 Å². The molecule has 0 aliphatic carbocycles. The van der Waals surface area contributed by atoms with Crippen molar-refractivity contribution >= 4 is 11.5 Å². The van der Waals surface area contributed by atoms with Gasteiger partial charge in [-0.1, -0.05) is 12.1 Å². The van der Waals surface area contributed by atoms with E-state index in [1.54, 1.807) is 23.0 Å². The predicted octanol–water partition coefficient (Wildman–Crippen LogP) is 2.54. The molecule has 3 heterocycles. The molecule has 2 atom stereocenters. The molecule has 3 aromatic rings. The summed E-state index contributed by atoms with van der Waals surface area (Å²) in [6.45, 7) is 7.02. The molecule has 0 saturated carbocycles. The summed E-state index contributed by atoms with van der Waals surface area (Å²) >= 11 is 0. The number of rotatable bonds is 3. The largest absolute Gasteiger partial charge is 0.350 e. The quantitative estimate of drug-likeness (QED) is 0.733. The molecule has 0 unspecified atom stereocenters. The van der Waals surface area contributed by atoms with Gasteiger partial charge in [-0.2, -0.15) is 4.52 Å². The molecule has 25 heavy (non-hydrogen) atoms. The zero-order valence-corrected chi connectivity index (χ0v) is 14.4. The van der Waals surface area contributed by atoms with E-state index in [1.165, 1.54) is 6.07 Å². The Balaban J connectivity index is 1.49. The Labute approximate surface area is 145 Å². The highest BCUT2D eigenvalue weighted by molar-refractivity contribution is 5.46. The molecule has 1 fully saturated rings. The molecule has 2 aromatic heterocycles. The topological polar surface area (TPSA) is 49.6 Å². The van der Waals surface area contributed by atoms with Crippen molar-refractivity contribution in [2.24, 2.45) is 0 Å². The highest BCUT2D eigenvalue weighted by Gasteiger charge is 2.28. The van der Waals surface area contributed by atoms with Gasteiger partial charge in [0.2, 0.25) is 0 Å². The van der Waals surface area contributed by atoms with E-state index < -0.39 is 0 Å². The van der Waals surface area contributed by atoms with Gasteiger partial charge in [-0.25, -0.2) is 4.39 Å². The van der Waals surface area contributed by atoms with Crippen LogP contribution < -0.4 is 4.90 Å². The highest BCUT2D eigenvalue weighted by Crippen LogP contribution is 2.26. The lowest BCUT2D eigenvalue weighted by Crippen LogP contribution is -2.52. The molecule has 0 radical (unpaired) electrons. The molecule has 0 N–H and O–H groups in total. The fourth-order valence-corrected chi connectivity index (χ4v) is 3.53. The second-order valence-corrected chi connectivity index (χ2v) is 6.59. The third kappa shape index (κ3) is 3.07. The van der Waals surface area contributed by atoms with Gasteiger partial charge >= 0.3 is 0 Å². The SMILES string of the molecule is C[C@H](c1cccc(F)c1)N1CCN(c2ccc3nncn3n2)[C@H](C)C1. The second kappa shape index (κ2) is 6.40. The molecule has 1 saturated heterocycles. The van der Waals surface area contributed by atoms with Gasteiger partial charge in [0.1, 0.15) is 18.0 Å². The Bertz CT molecular complexity index is 879. The van der Waals surface area contributed by atoms with Crippen LogP contribution in [0, 0.1) is 5.82 Å². The van der Waals surface area contributed by atoms with E-state index >= 15 is 0 Å². The van der Waals surface area contributed by atoms with Crippen LogP contribution in [0.3, 0.4) is 0 Å². The third-order valence-electron chi connectivity index (χ3n) is 4.98. The van der Waals surface area contributed by atoms with E-state index in [4.69, 9.17) is 0 Å². The summed E-state index contributed by atoms with van der Waals surface area (Å²) in [5.41, 5.74) is 1.76. The number of hydrogen-bond acceptors (Lipinski definition) is 5. The lowest BCUT2D eigenvalue weighted by atomic mass is 10.0. The fraction of sp³-hybridized carbons (Fsp3) is 0.389. The van der Waals surface area contributed by atoms with Gasteiger partial charge in [-0.3, -0.25) is 4.90 Å². The van der Waals surface area contributed by atoms with Gasteiger partial charge < -0.3 is 4.90 Å². The smallest absolute Gasteiger partial charge is 0.177 e. The minimum absolute atomic E-state index is 0.178. The molecule has 0 amide bonds. The first-order valence-electron chi connectivity index (χ1n) is 8.55. The van der Waals surface area contributed by atoms with Gasteiger partial charge in [0.25, 0.3) is 0 Å². The van der Waals surface area contributed by atoms with Crippen LogP contribution in [0.2, 0.25) is 0 Å². The average Bonchev–Trinajstić information content (AvgIpc) is 3.08. The lowest BCUT2D eigenvalue weighted by Gasteiger charge is -2.43. The van der Waals surface area contributed by atoms with E-state index in [2.05, 4.69) is 38.9 Å². The third-order valence-corrected chi connectivity index (χ3v) is 4.98. The van der Waals surface area contributed by atoms with Crippen molar-refractivity contribution in [1.82, 2.24) is 24.7 Å². The van der Waals surface area contributed by atoms with Crippen LogP contribution in [0.15, 0.2) is 42.7 Å². The molecular weight excluding hydrogens is 319 g/mol. The van der Waals surface area contributed by atoms with Crippen LogP contribution in [0.1, 0.15) is 25.5 Å². The van der Waals surface area contributed by atoms with E-state index in [9.17, 15) is 4.39 Å². The normalized spacial score (nSPS) is 20.1. The maximum Gasteiger partial charge on any atom is 0.177 e. The van der Waals surface area contributed by atoms with Gasteiger partial charge in [0, 0.05) is 31.7 Å². The van der Waals surface area contributed by atoms with Crippen LogP contribution >= 0.6 is 0 Å². The van der Waals surface area contributed by atoms with Gasteiger partial charge in [0.15, 0.2) is 5.65 Å². The van der Waals surface area contributed by atoms with Crippen molar-refractivity contribution in [3.05, 3.63) is 54.1 Å². The van der Waals surface area contributed by atoms with Crippen LogP contribution in [0.25, 0.3) is 5.65 Å². The average molecular weight is 340 g/mol. The summed E-state index contributed by atoms with van der Waals surface area (Å²) < 4.78 is 15.2. The van der Waals surface area contributed by atoms with Crippen molar-refractivity contribution in [3.63, 3.8) is 0 Å². The molecule has 7 heteroatoms. The first-order valence-corrected chi connectivity index (χ1v) is 8.55. The Morgan fingerprint density at radius 2 is 2.08 bits per heavy atom. The monoisotopic (exact) mass is 340 g/mol. The zero-order valence-electron chi connectivity index (χ0n) is 14.4. The summed E-state index contributed by atoms with van der Waals surface area (Å²) in [6.07, 6.45) is 1.62. The fourth-order valence-electron chi connectivity index (χ4n) is 3.53. The van der Waals surface area contributed by atoms with Crippen molar-refractivity contribution < 1.29 is 4.39 Å². The standard InChI is InChI=1S/C18H21FN6/c1-13-11-23(14(2)15-4-3-5-16(19)10-15)8-9-24(13)18-7-6-17-21-20-12-25(17)22-18/h3-7,10,12-14H,8-9,11H2,1-2H3/t13-,14-/m1/s1. The number of piperazine rings is 1. The summed E-state index contributed by atoms with van der Waals surface area (Å²) in [5, 5.41) is 12.5. The maximum atomic E-state index is 13.5. The first-order chi connectivity index (χ1) is 12.1. The minimum atomic E-state index is -0.178. The van der Waals surface area contributed by atoms with Gasteiger partial charge in [-0.15, -0.1) is 15.3 Å². The molecule has 1 aliphatic heterocycles. The summed E-state index contributed by atoms with van der Waals surface area (Å²) in [7, 11) is 0. The van der Waals surface area contributed by atoms with Gasteiger partial charge in [0.05, 0.1) is 0 Å². The number of hydrogen-bond donors (Lipinski definition) is 0. The molecule has 1 aliphatic rings. The van der Waals surface area contributed by atoms with Crippen LogP contribution in [0.4, 0.5) is 10.2 Å². The summed E-state index contributed by atoms with van der Waals surface area (Å²) in [4.78, 5) is 4.70. The zero-order chi connectivity index (χ0) is 17.4. The van der Waals surface area contributed by atoms with Crippen molar-refractivity contribution in [3.8, 4) is 0 Å². The number of nitrogens with zero attached hydrogens (tertiary/aromatic N) is 6. The Morgan fingerprint density at radius 3 is 2.88 bits per heavy atom. The minimum Gasteiger partial charge on any atom is -0.350 e. The van der Waals surface area contributed by atoms with E-state index in [0.717, 1.165) is 36.7 Å². The molecule has 6 nitrogen and oxygen atoms in total. The van der Waals surface area contributed by atoms with Crippen molar-refractivity contribution in [1.29, 1.82) is 0 Å². The van der Waals surface area contributed by atoms with E-state index in [-0.39, 0.29) is 11.9 Å². The summed E-state index contributed by atoms with van der Waals surface area (Å²) in [6, 6.07) is 11.3. The molecule has 0 bridgehead atoms. The molecule has 0 spiro atoms. The Morgan fingerprint density at radius 1 is 1.20 bits per heavy atom. The number of anilines is 1. The Kier molecular flexibility index (Phi) is 4.09. The van der Waals surface area contributed by atoms with E-state index in [0.29, 0.717) is 6.04 Å². The molecular formula is C18H21FN6. The lowest BCUT2D eigenvalue weighted by molar-refractivity contribution is 0.175. The predicted molar refractivity (Wildman–Crippen MR) is 94.0 cm³/mol. The number of fused-ring (bicyclic) bond motifs is 1. The molecule has 130 valence electrons. The highest BCUT2D eigenvalue weighted by atomic mass is 19.1. The van der Waals surface area contributed by atoms with Crippen LogP contribution in [0.5, 0.6) is 0 Å². The Hall–Kier alpha value is -2.54. The molecule has 1 aromatic carbocycles. The second-order valence-electron chi connectivity index (χ2n) is 6.59. The number of aromatic nitrogens is 4. The van der Waals surface area contributed by atoms with Crippen LogP contribution in [-0.2, 0) is 0 Å². The van der Waals surface area contributed by atoms with Crippen LogP contribution in [-0.4, -0.2) is 50.4 Å². The summed E-state index contributed by atoms with van der Waals surface area (Å²) in [5.74, 6) is 0.750. The number of halogens is 1. The number of benzene rings is 1. The van der Waals surface area contributed by atoms with E-state index in [1.807, 2.05) is 18.2 Å². The van der Waals surface area contributed by atoms with Crippen molar-refractivity contribution in [2.45, 2.75) is 25.9 Å². The maximum absolute atomic E-state index is 13.5. The van der Waals surface area contributed by atoms with Gasteiger partial charge in [-0.05, 0) is 43.7 Å².